The molecule has 1 aromatic carbocycles. The maximum absolute atomic E-state index is 11.1. The quantitative estimate of drug-likeness (QED) is 0.308. The first-order chi connectivity index (χ1) is 9.51. The summed E-state index contributed by atoms with van der Waals surface area (Å²) in [5.41, 5.74) is -0.0640. The second-order valence-corrected chi connectivity index (χ2v) is 5.55. The van der Waals surface area contributed by atoms with Crippen LogP contribution in [0, 0.1) is 25.0 Å². The number of nitro benzene ring substituents is 1. The third-order valence-corrected chi connectivity index (χ3v) is 3.49. The molecule has 6 nitrogen and oxygen atoms in total. The largest absolute Gasteiger partial charge is 0.431 e. The highest BCUT2D eigenvalue weighted by molar-refractivity contribution is 14.1. The lowest BCUT2D eigenvalue weighted by Gasteiger charge is -2.08. The summed E-state index contributed by atoms with van der Waals surface area (Å²) in [6.45, 7) is 0. The van der Waals surface area contributed by atoms with Crippen molar-refractivity contribution in [3.05, 3.63) is 54.2 Å². The zero-order chi connectivity index (χ0) is 14.7. The van der Waals surface area contributed by atoms with E-state index >= 15 is 0 Å². The van der Waals surface area contributed by atoms with Gasteiger partial charge in [0.15, 0.2) is 0 Å². The van der Waals surface area contributed by atoms with Crippen LogP contribution in [0.1, 0.15) is 5.56 Å². The lowest BCUT2D eigenvalue weighted by Crippen LogP contribution is -1.98. The minimum Gasteiger partial charge on any atom is -0.431 e. The van der Waals surface area contributed by atoms with Gasteiger partial charge < -0.3 is 4.74 Å². The van der Waals surface area contributed by atoms with Gasteiger partial charge in [-0.05, 0) is 50.7 Å². The van der Waals surface area contributed by atoms with Crippen molar-refractivity contribution in [1.29, 1.82) is 5.26 Å². The average molecular weight is 446 g/mol. The molecule has 2 aromatic rings. The van der Waals surface area contributed by atoms with Crippen molar-refractivity contribution >= 4 is 44.2 Å². The van der Waals surface area contributed by atoms with Gasteiger partial charge in [0.2, 0.25) is 11.6 Å². The van der Waals surface area contributed by atoms with Crippen molar-refractivity contribution in [2.75, 3.05) is 0 Å². The van der Waals surface area contributed by atoms with E-state index in [1.807, 2.05) is 28.7 Å². The van der Waals surface area contributed by atoms with Crippen molar-refractivity contribution in [3.8, 4) is 17.7 Å². The molecule has 0 amide bonds. The summed E-state index contributed by atoms with van der Waals surface area (Å²) in [4.78, 5) is 14.6. The number of hydrogen-bond acceptors (Lipinski definition) is 5. The minimum atomic E-state index is -0.587. The summed E-state index contributed by atoms with van der Waals surface area (Å²) in [6, 6.07) is 9.57. The fourth-order valence-corrected chi connectivity index (χ4v) is 2.48. The predicted molar refractivity (Wildman–Crippen MR) is 82.5 cm³/mol. The van der Waals surface area contributed by atoms with Gasteiger partial charge in [0.1, 0.15) is 4.60 Å². The maximum Gasteiger partial charge on any atom is 0.314 e. The fourth-order valence-electron chi connectivity index (χ4n) is 1.43. The van der Waals surface area contributed by atoms with Gasteiger partial charge in [-0.3, -0.25) is 10.1 Å². The molecule has 0 radical (unpaired) electrons. The number of halogens is 2. The summed E-state index contributed by atoms with van der Waals surface area (Å²) >= 11 is 5.08. The molecule has 0 fully saturated rings. The van der Waals surface area contributed by atoms with Gasteiger partial charge in [-0.25, -0.2) is 4.98 Å². The minimum absolute atomic E-state index is 0.0696. The topological polar surface area (TPSA) is 89.0 Å². The monoisotopic (exact) mass is 445 g/mol. The highest BCUT2D eigenvalue weighted by Gasteiger charge is 2.21. The Kier molecular flexibility index (Phi) is 4.51. The smallest absolute Gasteiger partial charge is 0.314 e. The Labute approximate surface area is 135 Å². The van der Waals surface area contributed by atoms with Crippen LogP contribution in [-0.4, -0.2) is 9.91 Å². The van der Waals surface area contributed by atoms with E-state index in [1.54, 1.807) is 18.2 Å². The Morgan fingerprint density at radius 2 is 2.20 bits per heavy atom. The second-order valence-electron chi connectivity index (χ2n) is 3.58. The summed E-state index contributed by atoms with van der Waals surface area (Å²) in [7, 11) is 0. The van der Waals surface area contributed by atoms with Gasteiger partial charge >= 0.3 is 5.69 Å². The number of hydrogen-bond donors (Lipinski definition) is 0. The van der Waals surface area contributed by atoms with Gasteiger partial charge in [0.25, 0.3) is 0 Å². The molecule has 100 valence electrons. The van der Waals surface area contributed by atoms with Crippen LogP contribution < -0.4 is 4.74 Å². The molecule has 0 unspecified atom stereocenters. The van der Waals surface area contributed by atoms with Gasteiger partial charge in [0, 0.05) is 12.1 Å². The zero-order valence-corrected chi connectivity index (χ0v) is 13.5. The number of benzene rings is 1. The molecule has 1 aromatic heterocycles. The molecular formula is C12H5BrIN3O3. The lowest BCUT2D eigenvalue weighted by atomic mass is 10.2. The van der Waals surface area contributed by atoms with E-state index in [9.17, 15) is 10.1 Å². The van der Waals surface area contributed by atoms with E-state index in [0.29, 0.717) is 8.17 Å². The summed E-state index contributed by atoms with van der Waals surface area (Å²) < 4.78 is 6.51. The SMILES string of the molecule is N#Cc1cc(I)c(Oc2cccc(Br)n2)c([N+](=O)[O-])c1. The lowest BCUT2D eigenvalue weighted by molar-refractivity contribution is -0.385. The van der Waals surface area contributed by atoms with Crippen molar-refractivity contribution < 1.29 is 9.66 Å². The van der Waals surface area contributed by atoms with Gasteiger partial charge in [-0.15, -0.1) is 0 Å². The van der Waals surface area contributed by atoms with Crippen molar-refractivity contribution in [1.82, 2.24) is 4.98 Å². The number of nitriles is 1. The second kappa shape index (κ2) is 6.15. The molecule has 2 rings (SSSR count). The first-order valence-corrected chi connectivity index (χ1v) is 7.07. The molecule has 0 saturated carbocycles. The van der Waals surface area contributed by atoms with Gasteiger partial charge in [-0.1, -0.05) is 6.07 Å². The number of nitro groups is 1. The van der Waals surface area contributed by atoms with E-state index < -0.39 is 4.92 Å². The van der Waals surface area contributed by atoms with Crippen LogP contribution in [0.5, 0.6) is 11.6 Å². The molecule has 0 aliphatic heterocycles. The van der Waals surface area contributed by atoms with Crippen molar-refractivity contribution in [3.63, 3.8) is 0 Å². The van der Waals surface area contributed by atoms with Gasteiger partial charge in [0.05, 0.1) is 20.1 Å². The number of nitrogens with zero attached hydrogens (tertiary/aromatic N) is 3. The van der Waals surface area contributed by atoms with Crippen molar-refractivity contribution in [2.45, 2.75) is 0 Å². The van der Waals surface area contributed by atoms with Crippen LogP contribution in [-0.2, 0) is 0 Å². The van der Waals surface area contributed by atoms with Crippen LogP contribution in [0.25, 0.3) is 0 Å². The fraction of sp³-hybridized carbons (Fsp3) is 0. The molecule has 8 heteroatoms. The van der Waals surface area contributed by atoms with E-state index in [0.717, 1.165) is 0 Å². The Morgan fingerprint density at radius 1 is 1.45 bits per heavy atom. The molecule has 0 saturated heterocycles. The molecule has 0 N–H and O–H groups in total. The first-order valence-electron chi connectivity index (χ1n) is 5.19. The Hall–Kier alpha value is -1.73. The Morgan fingerprint density at radius 3 is 2.80 bits per heavy atom. The van der Waals surface area contributed by atoms with E-state index in [2.05, 4.69) is 20.9 Å². The molecule has 0 spiro atoms. The molecule has 0 aliphatic carbocycles. The summed E-state index contributed by atoms with van der Waals surface area (Å²) in [5, 5.41) is 19.9. The highest BCUT2D eigenvalue weighted by atomic mass is 127. The zero-order valence-electron chi connectivity index (χ0n) is 9.71. The van der Waals surface area contributed by atoms with Crippen LogP contribution in [0.15, 0.2) is 34.9 Å². The van der Waals surface area contributed by atoms with E-state index in [4.69, 9.17) is 10.00 Å². The average Bonchev–Trinajstić information content (AvgIpc) is 2.40. The summed E-state index contributed by atoms with van der Waals surface area (Å²) in [6.07, 6.45) is 0. The number of ether oxygens (including phenoxy) is 1. The summed E-state index contributed by atoms with van der Waals surface area (Å²) in [5.74, 6) is 0.297. The molecule has 0 atom stereocenters. The van der Waals surface area contributed by atoms with Crippen LogP contribution in [0.2, 0.25) is 0 Å². The standard InChI is InChI=1S/C12H5BrIN3O3/c13-10-2-1-3-11(16-10)20-12-8(14)4-7(6-15)5-9(12)17(18)19/h1-5H. The number of rotatable bonds is 3. The molecule has 1 heterocycles. The number of aromatic nitrogens is 1. The number of pyridine rings is 1. The van der Waals surface area contributed by atoms with Crippen LogP contribution in [0.4, 0.5) is 5.69 Å². The van der Waals surface area contributed by atoms with Crippen LogP contribution in [0.3, 0.4) is 0 Å². The Balaban J connectivity index is 2.51. The van der Waals surface area contributed by atoms with E-state index in [1.165, 1.54) is 12.1 Å². The third-order valence-electron chi connectivity index (χ3n) is 2.25. The third kappa shape index (κ3) is 3.23. The van der Waals surface area contributed by atoms with Crippen LogP contribution >= 0.6 is 38.5 Å². The van der Waals surface area contributed by atoms with Crippen molar-refractivity contribution in [2.24, 2.45) is 0 Å². The normalized spacial score (nSPS) is 9.85. The van der Waals surface area contributed by atoms with E-state index in [-0.39, 0.29) is 22.9 Å². The molecule has 0 aliphatic rings. The van der Waals surface area contributed by atoms with Gasteiger partial charge in [-0.2, -0.15) is 5.26 Å². The predicted octanol–water partition coefficient (Wildman–Crippen LogP) is 4.02. The Bertz CT molecular complexity index is 730. The maximum atomic E-state index is 11.1. The molecule has 20 heavy (non-hydrogen) atoms. The first kappa shape index (κ1) is 14.7. The molecule has 0 bridgehead atoms. The molecular weight excluding hydrogens is 441 g/mol. The highest BCUT2D eigenvalue weighted by Crippen LogP contribution is 2.36.